The molecule has 3 nitrogen and oxygen atoms in total. The highest BCUT2D eigenvalue weighted by Crippen LogP contribution is 2.29. The number of rotatable bonds is 5. The van der Waals surface area contributed by atoms with Gasteiger partial charge in [0.25, 0.3) is 0 Å². The molecule has 2 aliphatic rings. The number of nitrogens with zero attached hydrogens (tertiary/aromatic N) is 1. The van der Waals surface area contributed by atoms with E-state index in [9.17, 15) is 0 Å². The number of nitrogens with one attached hydrogen (secondary N) is 1. The first-order valence-electron chi connectivity index (χ1n) is 8.71. The van der Waals surface area contributed by atoms with Crippen LogP contribution >= 0.6 is 0 Å². The van der Waals surface area contributed by atoms with E-state index in [0.29, 0.717) is 12.1 Å². The third kappa shape index (κ3) is 3.75. The second-order valence-corrected chi connectivity index (χ2v) is 6.84. The Morgan fingerprint density at radius 2 is 2.10 bits per heavy atom. The van der Waals surface area contributed by atoms with Crippen molar-refractivity contribution in [1.82, 2.24) is 10.2 Å². The zero-order valence-electron chi connectivity index (χ0n) is 13.9. The molecule has 2 fully saturated rings. The van der Waals surface area contributed by atoms with E-state index in [1.54, 1.807) is 0 Å². The van der Waals surface area contributed by atoms with Gasteiger partial charge in [0.15, 0.2) is 0 Å². The zero-order chi connectivity index (χ0) is 14.5. The summed E-state index contributed by atoms with van der Waals surface area (Å²) in [6, 6.07) is 2.13. The predicted molar refractivity (Wildman–Crippen MR) is 85.1 cm³/mol. The number of methoxy groups -OCH3 is 1. The summed E-state index contributed by atoms with van der Waals surface area (Å²) < 4.78 is 5.63. The molecule has 2 rings (SSSR count). The summed E-state index contributed by atoms with van der Waals surface area (Å²) in [4.78, 5) is 2.82. The topological polar surface area (TPSA) is 24.5 Å². The molecule has 0 spiro atoms. The van der Waals surface area contributed by atoms with Gasteiger partial charge in [-0.1, -0.05) is 27.2 Å². The molecule has 20 heavy (non-hydrogen) atoms. The van der Waals surface area contributed by atoms with Gasteiger partial charge in [-0.05, 0) is 38.0 Å². The van der Waals surface area contributed by atoms with E-state index in [-0.39, 0.29) is 0 Å². The highest BCUT2D eigenvalue weighted by molar-refractivity contribution is 4.93. The maximum absolute atomic E-state index is 5.63. The van der Waals surface area contributed by atoms with Gasteiger partial charge in [0.05, 0.1) is 6.10 Å². The van der Waals surface area contributed by atoms with Crippen LogP contribution < -0.4 is 5.32 Å². The summed E-state index contributed by atoms with van der Waals surface area (Å²) >= 11 is 0. The monoisotopic (exact) mass is 282 g/mol. The molecule has 5 atom stereocenters. The Hall–Kier alpha value is -0.120. The Morgan fingerprint density at radius 3 is 2.75 bits per heavy atom. The second-order valence-electron chi connectivity index (χ2n) is 6.84. The SMILES string of the molecule is CCC(C)C1CN(C2CCCC(OC)C2)C(CC)CN1. The van der Waals surface area contributed by atoms with E-state index in [2.05, 4.69) is 31.0 Å². The van der Waals surface area contributed by atoms with E-state index in [4.69, 9.17) is 4.74 Å². The molecule has 0 aromatic carbocycles. The van der Waals surface area contributed by atoms with Gasteiger partial charge in [0.1, 0.15) is 0 Å². The summed E-state index contributed by atoms with van der Waals surface area (Å²) in [5, 5.41) is 3.79. The average Bonchev–Trinajstić information content (AvgIpc) is 2.53. The molecule has 1 saturated carbocycles. The standard InChI is InChI=1S/C17H34N2O/c1-5-13(3)17-12-19(14(6-2)11-18-17)15-8-7-9-16(10-15)20-4/h13-18H,5-12H2,1-4H3. The molecular weight excluding hydrogens is 248 g/mol. The van der Waals surface area contributed by atoms with Crippen molar-refractivity contribution in [2.24, 2.45) is 5.92 Å². The molecule has 0 aromatic rings. The number of ether oxygens (including phenoxy) is 1. The molecule has 1 N–H and O–H groups in total. The molecule has 5 unspecified atom stereocenters. The highest BCUT2D eigenvalue weighted by atomic mass is 16.5. The van der Waals surface area contributed by atoms with Crippen molar-refractivity contribution in [3.8, 4) is 0 Å². The molecule has 0 aromatic heterocycles. The predicted octanol–water partition coefficient (Wildman–Crippen LogP) is 3.04. The van der Waals surface area contributed by atoms with Gasteiger partial charge in [0, 0.05) is 38.3 Å². The molecule has 0 amide bonds. The zero-order valence-corrected chi connectivity index (χ0v) is 13.9. The maximum Gasteiger partial charge on any atom is 0.0586 e. The lowest BCUT2D eigenvalue weighted by molar-refractivity contribution is -0.00522. The number of piperazine rings is 1. The van der Waals surface area contributed by atoms with Crippen LogP contribution in [0, 0.1) is 5.92 Å². The Balaban J connectivity index is 2.00. The Morgan fingerprint density at radius 1 is 1.30 bits per heavy atom. The van der Waals surface area contributed by atoms with Gasteiger partial charge in [-0.25, -0.2) is 0 Å². The summed E-state index contributed by atoms with van der Waals surface area (Å²) in [6.45, 7) is 9.43. The lowest BCUT2D eigenvalue weighted by Gasteiger charge is -2.48. The largest absolute Gasteiger partial charge is 0.381 e. The molecule has 1 aliphatic heterocycles. The fourth-order valence-corrected chi connectivity index (χ4v) is 3.97. The third-order valence-corrected chi connectivity index (χ3v) is 5.70. The second kappa shape index (κ2) is 7.77. The van der Waals surface area contributed by atoms with Gasteiger partial charge in [-0.15, -0.1) is 0 Å². The minimum absolute atomic E-state index is 0.489. The van der Waals surface area contributed by atoms with Crippen molar-refractivity contribution in [3.63, 3.8) is 0 Å². The van der Waals surface area contributed by atoms with Gasteiger partial charge in [-0.2, -0.15) is 0 Å². The van der Waals surface area contributed by atoms with Crippen LogP contribution in [0.1, 0.15) is 59.3 Å². The van der Waals surface area contributed by atoms with E-state index >= 15 is 0 Å². The maximum atomic E-state index is 5.63. The van der Waals surface area contributed by atoms with E-state index < -0.39 is 0 Å². The molecule has 1 heterocycles. The van der Waals surface area contributed by atoms with E-state index in [0.717, 1.165) is 18.0 Å². The Kier molecular flexibility index (Phi) is 6.31. The van der Waals surface area contributed by atoms with Crippen LogP contribution in [0.15, 0.2) is 0 Å². The quantitative estimate of drug-likeness (QED) is 0.839. The van der Waals surface area contributed by atoms with Crippen LogP contribution in [-0.2, 0) is 4.74 Å². The minimum atomic E-state index is 0.489. The van der Waals surface area contributed by atoms with Crippen LogP contribution in [0.5, 0.6) is 0 Å². The Bertz CT molecular complexity index is 282. The summed E-state index contributed by atoms with van der Waals surface area (Å²) in [5.41, 5.74) is 0. The number of hydrogen-bond donors (Lipinski definition) is 1. The highest BCUT2D eigenvalue weighted by Gasteiger charge is 2.35. The first-order valence-corrected chi connectivity index (χ1v) is 8.71. The first-order chi connectivity index (χ1) is 9.69. The molecule has 0 bridgehead atoms. The van der Waals surface area contributed by atoms with Crippen LogP contribution in [0.25, 0.3) is 0 Å². The van der Waals surface area contributed by atoms with Crippen molar-refractivity contribution >= 4 is 0 Å². The summed E-state index contributed by atoms with van der Waals surface area (Å²) in [5.74, 6) is 0.775. The molecule has 3 heteroatoms. The van der Waals surface area contributed by atoms with Crippen LogP contribution in [0.3, 0.4) is 0 Å². The number of hydrogen-bond acceptors (Lipinski definition) is 3. The van der Waals surface area contributed by atoms with Gasteiger partial charge >= 0.3 is 0 Å². The lowest BCUT2D eigenvalue weighted by Crippen LogP contribution is -2.61. The minimum Gasteiger partial charge on any atom is -0.381 e. The molecule has 1 saturated heterocycles. The van der Waals surface area contributed by atoms with Crippen LogP contribution in [0.4, 0.5) is 0 Å². The average molecular weight is 282 g/mol. The van der Waals surface area contributed by atoms with Crippen molar-refractivity contribution in [2.45, 2.75) is 83.5 Å². The fraction of sp³-hybridized carbons (Fsp3) is 1.00. The smallest absolute Gasteiger partial charge is 0.0586 e. The summed E-state index contributed by atoms with van der Waals surface area (Å²) in [7, 11) is 1.88. The van der Waals surface area contributed by atoms with Crippen LogP contribution in [-0.4, -0.2) is 49.3 Å². The Labute approximate surface area is 125 Å². The molecule has 1 aliphatic carbocycles. The van der Waals surface area contributed by atoms with Crippen LogP contribution in [0.2, 0.25) is 0 Å². The summed E-state index contributed by atoms with van der Waals surface area (Å²) in [6.07, 6.45) is 8.21. The van der Waals surface area contributed by atoms with Gasteiger partial charge < -0.3 is 10.1 Å². The molecule has 118 valence electrons. The van der Waals surface area contributed by atoms with Gasteiger partial charge in [0.2, 0.25) is 0 Å². The fourth-order valence-electron chi connectivity index (χ4n) is 3.97. The normalized spacial score (nSPS) is 37.8. The van der Waals surface area contributed by atoms with Crippen molar-refractivity contribution in [2.75, 3.05) is 20.2 Å². The lowest BCUT2D eigenvalue weighted by atomic mass is 9.87. The molecule has 0 radical (unpaired) electrons. The van der Waals surface area contributed by atoms with E-state index in [1.807, 2.05) is 7.11 Å². The van der Waals surface area contributed by atoms with Crippen molar-refractivity contribution in [1.29, 1.82) is 0 Å². The van der Waals surface area contributed by atoms with Crippen molar-refractivity contribution < 1.29 is 4.74 Å². The first kappa shape index (κ1) is 16.3. The third-order valence-electron chi connectivity index (χ3n) is 5.70. The van der Waals surface area contributed by atoms with E-state index in [1.165, 1.54) is 51.6 Å². The van der Waals surface area contributed by atoms with Gasteiger partial charge in [-0.3, -0.25) is 4.90 Å². The van der Waals surface area contributed by atoms with Crippen molar-refractivity contribution in [3.05, 3.63) is 0 Å². The molecular formula is C17H34N2O.